The van der Waals surface area contributed by atoms with Crippen LogP contribution in [0.1, 0.15) is 5.56 Å². The molecule has 1 saturated heterocycles. The van der Waals surface area contributed by atoms with Crippen LogP contribution in [-0.2, 0) is 13.1 Å². The van der Waals surface area contributed by atoms with Crippen LogP contribution >= 0.6 is 0 Å². The number of hydrogen-bond acceptors (Lipinski definition) is 3. The molecule has 1 N–H and O–H groups in total. The zero-order valence-electron chi connectivity index (χ0n) is 17.3. The molecule has 0 spiro atoms. The Bertz CT molecular complexity index is 1060. The Kier molecular flexibility index (Phi) is 5.54. The maximum atomic E-state index is 10.9. The molecular formula is C26H29N3O. The van der Waals surface area contributed by atoms with Gasteiger partial charge in [0.2, 0.25) is 0 Å². The molecule has 5 rings (SSSR count). The molecule has 4 nitrogen and oxygen atoms in total. The first-order chi connectivity index (χ1) is 14.8. The fourth-order valence-corrected chi connectivity index (χ4v) is 4.74. The van der Waals surface area contributed by atoms with Crippen molar-refractivity contribution in [1.82, 2.24) is 14.4 Å². The number of hydrogen-bond donors (Lipinski definition) is 1. The minimum Gasteiger partial charge on any atom is -0.390 e. The van der Waals surface area contributed by atoms with Gasteiger partial charge >= 0.3 is 0 Å². The van der Waals surface area contributed by atoms with Crippen molar-refractivity contribution in [3.63, 3.8) is 0 Å². The van der Waals surface area contributed by atoms with E-state index in [0.717, 1.165) is 39.3 Å². The van der Waals surface area contributed by atoms with Gasteiger partial charge < -0.3 is 9.67 Å². The quantitative estimate of drug-likeness (QED) is 0.532. The molecule has 0 unspecified atom stereocenters. The van der Waals surface area contributed by atoms with Crippen LogP contribution in [0.4, 0.5) is 0 Å². The number of nitrogens with zero attached hydrogens (tertiary/aromatic N) is 3. The van der Waals surface area contributed by atoms with Crippen molar-refractivity contribution in [2.45, 2.75) is 19.2 Å². The maximum absolute atomic E-state index is 10.9. The van der Waals surface area contributed by atoms with Gasteiger partial charge in [0.15, 0.2) is 0 Å². The molecule has 30 heavy (non-hydrogen) atoms. The molecular weight excluding hydrogens is 370 g/mol. The van der Waals surface area contributed by atoms with Crippen LogP contribution in [0.15, 0.2) is 78.9 Å². The minimum absolute atomic E-state index is 0.384. The number of rotatable bonds is 6. The van der Waals surface area contributed by atoms with E-state index in [1.807, 2.05) is 0 Å². The lowest BCUT2D eigenvalue weighted by Gasteiger charge is -2.35. The topological polar surface area (TPSA) is 31.6 Å². The van der Waals surface area contributed by atoms with Crippen molar-refractivity contribution in [3.8, 4) is 0 Å². The lowest BCUT2D eigenvalue weighted by Crippen LogP contribution is -2.48. The lowest BCUT2D eigenvalue weighted by molar-refractivity contribution is 0.0634. The average Bonchev–Trinajstić information content (AvgIpc) is 3.10. The summed E-state index contributed by atoms with van der Waals surface area (Å²) in [7, 11) is 0. The number of para-hydroxylation sites is 2. The average molecular weight is 400 g/mol. The number of piperazine rings is 1. The largest absolute Gasteiger partial charge is 0.390 e. The number of β-amino-alcohol motifs (C(OH)–C–C–N with tert-alkyl or cyclic N) is 1. The first kappa shape index (κ1) is 19.3. The number of aliphatic hydroxyl groups excluding tert-OH is 1. The molecule has 2 heterocycles. The molecule has 1 aliphatic heterocycles. The van der Waals surface area contributed by atoms with Gasteiger partial charge in [0.25, 0.3) is 0 Å². The third kappa shape index (κ3) is 3.99. The van der Waals surface area contributed by atoms with Gasteiger partial charge in [-0.25, -0.2) is 0 Å². The molecule has 0 radical (unpaired) electrons. The molecule has 3 aromatic carbocycles. The molecule has 1 fully saturated rings. The summed E-state index contributed by atoms with van der Waals surface area (Å²) in [5.41, 5.74) is 3.77. The molecule has 1 aromatic heterocycles. The Morgan fingerprint density at radius 3 is 1.80 bits per heavy atom. The second-order valence-corrected chi connectivity index (χ2v) is 8.36. The molecule has 0 bridgehead atoms. The fourth-order valence-electron chi connectivity index (χ4n) is 4.74. The van der Waals surface area contributed by atoms with Crippen LogP contribution in [0.3, 0.4) is 0 Å². The Labute approximate surface area is 177 Å². The number of fused-ring (bicyclic) bond motifs is 3. The third-order valence-electron chi connectivity index (χ3n) is 6.26. The van der Waals surface area contributed by atoms with Gasteiger partial charge in [0.05, 0.1) is 12.6 Å². The van der Waals surface area contributed by atoms with Crippen molar-refractivity contribution in [3.05, 3.63) is 84.4 Å². The summed E-state index contributed by atoms with van der Waals surface area (Å²) in [6.07, 6.45) is -0.384. The standard InChI is InChI=1S/C26H29N3O/c30-22(19-28-16-14-27(15-17-28)18-21-8-2-1-3-9-21)20-29-25-12-6-4-10-23(25)24-11-5-7-13-26(24)29/h1-13,22,30H,14-20H2/t22-/m1/s1. The summed E-state index contributed by atoms with van der Waals surface area (Å²) in [4.78, 5) is 4.91. The van der Waals surface area contributed by atoms with Crippen LogP contribution in [0.25, 0.3) is 21.8 Å². The molecule has 0 amide bonds. The Morgan fingerprint density at radius 2 is 1.17 bits per heavy atom. The van der Waals surface area contributed by atoms with Gasteiger partial charge in [-0.15, -0.1) is 0 Å². The molecule has 1 atom stereocenters. The van der Waals surface area contributed by atoms with E-state index < -0.39 is 0 Å². The first-order valence-corrected chi connectivity index (χ1v) is 10.9. The molecule has 4 aromatic rings. The van der Waals surface area contributed by atoms with Gasteiger partial charge in [0, 0.05) is 61.1 Å². The highest BCUT2D eigenvalue weighted by molar-refractivity contribution is 6.07. The normalized spacial score (nSPS) is 17.0. The fraction of sp³-hybridized carbons (Fsp3) is 0.308. The molecule has 154 valence electrons. The first-order valence-electron chi connectivity index (χ1n) is 10.9. The highest BCUT2D eigenvalue weighted by Gasteiger charge is 2.20. The SMILES string of the molecule is O[C@H](CN1CCN(Cc2ccccc2)CC1)Cn1c2ccccc2c2ccccc21. The Morgan fingerprint density at radius 1 is 0.633 bits per heavy atom. The maximum Gasteiger partial charge on any atom is 0.0845 e. The summed E-state index contributed by atoms with van der Waals surface area (Å²) in [6.45, 7) is 6.49. The Hall–Kier alpha value is -2.66. The zero-order valence-corrected chi connectivity index (χ0v) is 17.3. The number of benzene rings is 3. The second kappa shape index (κ2) is 8.60. The van der Waals surface area contributed by atoms with Crippen molar-refractivity contribution in [1.29, 1.82) is 0 Å². The van der Waals surface area contributed by atoms with E-state index in [-0.39, 0.29) is 6.10 Å². The summed E-state index contributed by atoms with van der Waals surface area (Å²) in [5, 5.41) is 13.4. The zero-order chi connectivity index (χ0) is 20.3. The van der Waals surface area contributed by atoms with E-state index in [0.29, 0.717) is 6.54 Å². The summed E-state index contributed by atoms with van der Waals surface area (Å²) >= 11 is 0. The molecule has 1 aliphatic rings. The third-order valence-corrected chi connectivity index (χ3v) is 6.26. The van der Waals surface area contributed by atoms with Crippen LogP contribution in [0, 0.1) is 0 Å². The van der Waals surface area contributed by atoms with Crippen molar-refractivity contribution >= 4 is 21.8 Å². The Balaban J connectivity index is 1.22. The lowest BCUT2D eigenvalue weighted by atomic mass is 10.2. The van der Waals surface area contributed by atoms with E-state index >= 15 is 0 Å². The molecule has 0 aliphatic carbocycles. The van der Waals surface area contributed by atoms with E-state index in [1.54, 1.807) is 0 Å². The smallest absolute Gasteiger partial charge is 0.0845 e. The van der Waals surface area contributed by atoms with Gasteiger partial charge in [-0.05, 0) is 17.7 Å². The summed E-state index contributed by atoms with van der Waals surface area (Å²) in [5.74, 6) is 0. The van der Waals surface area contributed by atoms with Gasteiger partial charge in [-0.2, -0.15) is 0 Å². The predicted molar refractivity (Wildman–Crippen MR) is 124 cm³/mol. The van der Waals surface area contributed by atoms with Crippen LogP contribution in [0.2, 0.25) is 0 Å². The van der Waals surface area contributed by atoms with Crippen molar-refractivity contribution in [2.24, 2.45) is 0 Å². The van der Waals surface area contributed by atoms with Gasteiger partial charge in [-0.1, -0.05) is 66.7 Å². The predicted octanol–water partition coefficient (Wildman–Crippen LogP) is 3.97. The molecule has 4 heteroatoms. The van der Waals surface area contributed by atoms with E-state index in [9.17, 15) is 5.11 Å². The van der Waals surface area contributed by atoms with Crippen molar-refractivity contribution < 1.29 is 5.11 Å². The van der Waals surface area contributed by atoms with Crippen LogP contribution < -0.4 is 0 Å². The van der Waals surface area contributed by atoms with Crippen LogP contribution in [0.5, 0.6) is 0 Å². The summed E-state index contributed by atoms with van der Waals surface area (Å²) in [6, 6.07) is 27.7. The van der Waals surface area contributed by atoms with E-state index in [4.69, 9.17) is 0 Å². The van der Waals surface area contributed by atoms with E-state index in [1.165, 1.54) is 27.4 Å². The highest BCUT2D eigenvalue weighted by Crippen LogP contribution is 2.28. The molecule has 0 saturated carbocycles. The summed E-state index contributed by atoms with van der Waals surface area (Å²) < 4.78 is 2.28. The number of aromatic nitrogens is 1. The van der Waals surface area contributed by atoms with Gasteiger partial charge in [-0.3, -0.25) is 9.80 Å². The highest BCUT2D eigenvalue weighted by atomic mass is 16.3. The monoisotopic (exact) mass is 399 g/mol. The number of aliphatic hydroxyl groups is 1. The van der Waals surface area contributed by atoms with E-state index in [2.05, 4.69) is 93.2 Å². The van der Waals surface area contributed by atoms with Crippen molar-refractivity contribution in [2.75, 3.05) is 32.7 Å². The van der Waals surface area contributed by atoms with Gasteiger partial charge in [0.1, 0.15) is 0 Å². The second-order valence-electron chi connectivity index (χ2n) is 8.36. The van der Waals surface area contributed by atoms with Crippen LogP contribution in [-0.4, -0.2) is 58.3 Å². The minimum atomic E-state index is -0.384.